The highest BCUT2D eigenvalue weighted by Crippen LogP contribution is 2.14. The van der Waals surface area contributed by atoms with Crippen LogP contribution in [0.3, 0.4) is 0 Å². The predicted octanol–water partition coefficient (Wildman–Crippen LogP) is 2.54. The third-order valence-corrected chi connectivity index (χ3v) is 2.06. The maximum Gasteiger partial charge on any atom is 0.141 e. The molecular formula is C12H20FN3. The van der Waals surface area contributed by atoms with Crippen LogP contribution in [0.25, 0.3) is 0 Å². The van der Waals surface area contributed by atoms with E-state index in [1.807, 2.05) is 13.8 Å². The van der Waals surface area contributed by atoms with Crippen molar-refractivity contribution >= 4 is 5.82 Å². The second-order valence-electron chi connectivity index (χ2n) is 4.50. The Hall–Kier alpha value is -1.16. The molecule has 1 aromatic heterocycles. The fraction of sp³-hybridized carbons (Fsp3) is 0.583. The molecule has 90 valence electrons. The third-order valence-electron chi connectivity index (χ3n) is 2.06. The van der Waals surface area contributed by atoms with Crippen LogP contribution < -0.4 is 10.6 Å². The molecule has 1 rings (SSSR count). The zero-order chi connectivity index (χ0) is 12.1. The largest absolute Gasteiger partial charge is 0.368 e. The summed E-state index contributed by atoms with van der Waals surface area (Å²) in [5, 5.41) is 6.46. The van der Waals surface area contributed by atoms with Crippen molar-refractivity contribution in [2.45, 2.75) is 46.3 Å². The fourth-order valence-electron chi connectivity index (χ4n) is 1.33. The quantitative estimate of drug-likeness (QED) is 0.808. The maximum atomic E-state index is 13.1. The highest BCUT2D eigenvalue weighted by atomic mass is 19.1. The van der Waals surface area contributed by atoms with Gasteiger partial charge < -0.3 is 10.6 Å². The number of nitrogens with zero attached hydrogens (tertiary/aromatic N) is 1. The molecule has 1 aromatic rings. The molecule has 2 N–H and O–H groups in total. The molecule has 0 aliphatic heterocycles. The van der Waals surface area contributed by atoms with Crippen LogP contribution in [0.2, 0.25) is 0 Å². The highest BCUT2D eigenvalue weighted by Gasteiger charge is 2.07. The number of nitrogens with one attached hydrogen (secondary N) is 2. The van der Waals surface area contributed by atoms with E-state index in [1.54, 1.807) is 0 Å². The van der Waals surface area contributed by atoms with E-state index in [9.17, 15) is 4.39 Å². The number of hydrogen-bond acceptors (Lipinski definition) is 3. The summed E-state index contributed by atoms with van der Waals surface area (Å²) in [6.45, 7) is 8.80. The fourth-order valence-corrected chi connectivity index (χ4v) is 1.33. The Kier molecular flexibility index (Phi) is 4.68. The van der Waals surface area contributed by atoms with E-state index < -0.39 is 0 Å². The Labute approximate surface area is 96.5 Å². The summed E-state index contributed by atoms with van der Waals surface area (Å²) in [6, 6.07) is 2.18. The van der Waals surface area contributed by atoms with Crippen molar-refractivity contribution in [3.8, 4) is 0 Å². The van der Waals surface area contributed by atoms with Crippen molar-refractivity contribution in [3.05, 3.63) is 23.6 Å². The van der Waals surface area contributed by atoms with Crippen molar-refractivity contribution < 1.29 is 4.39 Å². The summed E-state index contributed by atoms with van der Waals surface area (Å²) >= 11 is 0. The van der Waals surface area contributed by atoms with Crippen molar-refractivity contribution in [3.63, 3.8) is 0 Å². The molecule has 0 atom stereocenters. The first-order valence-electron chi connectivity index (χ1n) is 5.63. The number of hydrogen-bond donors (Lipinski definition) is 2. The predicted molar refractivity (Wildman–Crippen MR) is 64.9 cm³/mol. The molecule has 0 spiro atoms. The van der Waals surface area contributed by atoms with Crippen LogP contribution in [0.4, 0.5) is 10.2 Å². The van der Waals surface area contributed by atoms with Gasteiger partial charge in [0.1, 0.15) is 11.6 Å². The van der Waals surface area contributed by atoms with Gasteiger partial charge in [0, 0.05) is 24.2 Å². The van der Waals surface area contributed by atoms with Gasteiger partial charge in [-0.2, -0.15) is 0 Å². The minimum Gasteiger partial charge on any atom is -0.368 e. The van der Waals surface area contributed by atoms with Crippen LogP contribution in [0, 0.1) is 5.82 Å². The van der Waals surface area contributed by atoms with Gasteiger partial charge in [-0.05, 0) is 19.9 Å². The normalized spacial score (nSPS) is 11.2. The Bertz CT molecular complexity index is 337. The van der Waals surface area contributed by atoms with E-state index in [0.29, 0.717) is 12.6 Å². The molecule has 0 fully saturated rings. The average molecular weight is 225 g/mol. The van der Waals surface area contributed by atoms with Crippen LogP contribution in [-0.2, 0) is 6.54 Å². The van der Waals surface area contributed by atoms with Gasteiger partial charge in [-0.3, -0.25) is 0 Å². The molecule has 0 aliphatic rings. The Morgan fingerprint density at radius 1 is 1.25 bits per heavy atom. The summed E-state index contributed by atoms with van der Waals surface area (Å²) in [6.07, 6.45) is 1.24. The van der Waals surface area contributed by atoms with Crippen molar-refractivity contribution in [2.24, 2.45) is 0 Å². The molecule has 3 nitrogen and oxygen atoms in total. The van der Waals surface area contributed by atoms with Crippen LogP contribution in [0.15, 0.2) is 12.3 Å². The van der Waals surface area contributed by atoms with Gasteiger partial charge in [-0.25, -0.2) is 9.37 Å². The molecule has 0 radical (unpaired) electrons. The van der Waals surface area contributed by atoms with E-state index in [2.05, 4.69) is 29.5 Å². The molecule has 1 heterocycles. The van der Waals surface area contributed by atoms with E-state index >= 15 is 0 Å². The van der Waals surface area contributed by atoms with Crippen molar-refractivity contribution in [2.75, 3.05) is 5.32 Å². The third kappa shape index (κ3) is 4.14. The first-order chi connectivity index (χ1) is 7.49. The first-order valence-corrected chi connectivity index (χ1v) is 5.63. The second-order valence-corrected chi connectivity index (χ2v) is 4.50. The van der Waals surface area contributed by atoms with Gasteiger partial charge in [0.05, 0.1) is 6.20 Å². The molecular weight excluding hydrogens is 205 g/mol. The first kappa shape index (κ1) is 12.9. The lowest BCUT2D eigenvalue weighted by Gasteiger charge is -2.15. The summed E-state index contributed by atoms with van der Waals surface area (Å²) in [4.78, 5) is 4.07. The van der Waals surface area contributed by atoms with Crippen molar-refractivity contribution in [1.29, 1.82) is 0 Å². The standard InChI is InChI=1S/C12H20FN3/c1-8(2)14-6-10-5-11(13)7-15-12(10)16-9(3)4/h5,7-9,14H,6H2,1-4H3,(H,15,16). The average Bonchev–Trinajstić information content (AvgIpc) is 2.17. The van der Waals surface area contributed by atoms with Gasteiger partial charge >= 0.3 is 0 Å². The van der Waals surface area contributed by atoms with E-state index in [1.165, 1.54) is 12.3 Å². The van der Waals surface area contributed by atoms with Gasteiger partial charge in [0.25, 0.3) is 0 Å². The number of aromatic nitrogens is 1. The van der Waals surface area contributed by atoms with Gasteiger partial charge in [0.15, 0.2) is 0 Å². The van der Waals surface area contributed by atoms with E-state index in [-0.39, 0.29) is 11.9 Å². The van der Waals surface area contributed by atoms with Gasteiger partial charge in [0.2, 0.25) is 0 Å². The minimum atomic E-state index is -0.296. The van der Waals surface area contributed by atoms with Gasteiger partial charge in [-0.1, -0.05) is 13.8 Å². The number of anilines is 1. The Balaban J connectivity index is 2.81. The summed E-state index contributed by atoms with van der Waals surface area (Å²) in [5.74, 6) is 0.458. The number of pyridine rings is 1. The molecule has 16 heavy (non-hydrogen) atoms. The smallest absolute Gasteiger partial charge is 0.141 e. The zero-order valence-corrected chi connectivity index (χ0v) is 10.3. The monoisotopic (exact) mass is 225 g/mol. The van der Waals surface area contributed by atoms with Crippen LogP contribution in [0.1, 0.15) is 33.3 Å². The van der Waals surface area contributed by atoms with Gasteiger partial charge in [-0.15, -0.1) is 0 Å². The van der Waals surface area contributed by atoms with E-state index in [0.717, 1.165) is 11.4 Å². The molecule has 0 unspecified atom stereocenters. The van der Waals surface area contributed by atoms with Crippen molar-refractivity contribution in [1.82, 2.24) is 10.3 Å². The molecule has 0 saturated carbocycles. The Morgan fingerprint density at radius 3 is 2.50 bits per heavy atom. The van der Waals surface area contributed by atoms with Crippen LogP contribution >= 0.6 is 0 Å². The maximum absolute atomic E-state index is 13.1. The molecule has 0 aromatic carbocycles. The molecule has 4 heteroatoms. The van der Waals surface area contributed by atoms with Crippen LogP contribution in [0.5, 0.6) is 0 Å². The summed E-state index contributed by atoms with van der Waals surface area (Å²) in [7, 11) is 0. The molecule has 0 amide bonds. The lowest BCUT2D eigenvalue weighted by molar-refractivity contribution is 0.578. The second kappa shape index (κ2) is 5.80. The summed E-state index contributed by atoms with van der Waals surface area (Å²) in [5.41, 5.74) is 0.863. The van der Waals surface area contributed by atoms with E-state index in [4.69, 9.17) is 0 Å². The minimum absolute atomic E-state index is 0.288. The molecule has 0 bridgehead atoms. The topological polar surface area (TPSA) is 37.0 Å². The SMILES string of the molecule is CC(C)NCc1cc(F)cnc1NC(C)C. The number of rotatable bonds is 5. The highest BCUT2D eigenvalue weighted by molar-refractivity contribution is 5.44. The Morgan fingerprint density at radius 2 is 1.94 bits per heavy atom. The lowest BCUT2D eigenvalue weighted by Crippen LogP contribution is -2.23. The number of halogens is 1. The summed E-state index contributed by atoms with van der Waals surface area (Å²) < 4.78 is 13.1. The van der Waals surface area contributed by atoms with Crippen LogP contribution in [-0.4, -0.2) is 17.1 Å². The lowest BCUT2D eigenvalue weighted by atomic mass is 10.2. The molecule has 0 aliphatic carbocycles. The molecule has 0 saturated heterocycles. The zero-order valence-electron chi connectivity index (χ0n) is 10.3.